The van der Waals surface area contributed by atoms with E-state index in [2.05, 4.69) is 28.0 Å². The fourth-order valence-electron chi connectivity index (χ4n) is 1.82. The van der Waals surface area contributed by atoms with Crippen molar-refractivity contribution < 1.29 is 4.74 Å². The predicted octanol–water partition coefficient (Wildman–Crippen LogP) is -0.605. The van der Waals surface area contributed by atoms with Gasteiger partial charge in [-0.25, -0.2) is 10.0 Å². The van der Waals surface area contributed by atoms with Gasteiger partial charge in [0, 0.05) is 32.7 Å². The van der Waals surface area contributed by atoms with E-state index in [0.717, 1.165) is 45.9 Å². The average molecular weight is 203 g/mol. The summed E-state index contributed by atoms with van der Waals surface area (Å²) in [5.74, 6) is 0. The van der Waals surface area contributed by atoms with Crippen molar-refractivity contribution in [1.29, 1.82) is 0 Å². The Labute approximate surface area is 84.6 Å². The third-order valence-corrected chi connectivity index (χ3v) is 2.95. The molecule has 2 heterocycles. The number of hydrogen-bond acceptors (Lipinski definition) is 5. The molecule has 0 aliphatic carbocycles. The molecule has 1 unspecified atom stereocenters. The maximum Gasteiger partial charge on any atom is 0.0904 e. The highest BCUT2D eigenvalue weighted by Gasteiger charge is 2.25. The molecule has 0 saturated carbocycles. The lowest BCUT2D eigenvalue weighted by molar-refractivity contribution is -0.105. The molecule has 0 aromatic carbocycles. The first-order valence-electron chi connectivity index (χ1n) is 4.86. The van der Waals surface area contributed by atoms with Gasteiger partial charge in [0.1, 0.15) is 0 Å². The molecule has 0 radical (unpaired) electrons. The first-order valence-corrected chi connectivity index (χ1v) is 5.37. The fourth-order valence-corrected chi connectivity index (χ4v) is 2.19. The minimum Gasteiger partial charge on any atom is -0.377 e. The van der Waals surface area contributed by atoms with Gasteiger partial charge in [0.2, 0.25) is 0 Å². The van der Waals surface area contributed by atoms with Gasteiger partial charge in [0.25, 0.3) is 0 Å². The molecular weight excluding hydrogens is 186 g/mol. The number of piperazine rings is 1. The second-order valence-electron chi connectivity index (χ2n) is 3.42. The SMILES string of the molecule is SC1COCCN1N1CCNCC1. The second-order valence-corrected chi connectivity index (χ2v) is 4.02. The van der Waals surface area contributed by atoms with Gasteiger partial charge < -0.3 is 10.1 Å². The summed E-state index contributed by atoms with van der Waals surface area (Å²) >= 11 is 4.51. The van der Waals surface area contributed by atoms with Crippen LogP contribution in [0.3, 0.4) is 0 Å². The zero-order valence-electron chi connectivity index (χ0n) is 7.78. The lowest BCUT2D eigenvalue weighted by atomic mass is 10.4. The number of thiol groups is 1. The highest BCUT2D eigenvalue weighted by Crippen LogP contribution is 2.13. The third-order valence-electron chi connectivity index (χ3n) is 2.53. The summed E-state index contributed by atoms with van der Waals surface area (Å²) in [6.45, 7) is 6.91. The summed E-state index contributed by atoms with van der Waals surface area (Å²) in [5, 5.41) is 8.30. The van der Waals surface area contributed by atoms with Gasteiger partial charge in [0.15, 0.2) is 0 Å². The van der Waals surface area contributed by atoms with Crippen LogP contribution in [0.2, 0.25) is 0 Å². The monoisotopic (exact) mass is 203 g/mol. The maximum atomic E-state index is 5.34. The van der Waals surface area contributed by atoms with Gasteiger partial charge in [-0.1, -0.05) is 0 Å². The van der Waals surface area contributed by atoms with Crippen LogP contribution in [0.1, 0.15) is 0 Å². The molecule has 2 fully saturated rings. The van der Waals surface area contributed by atoms with E-state index in [1.165, 1.54) is 0 Å². The van der Waals surface area contributed by atoms with E-state index < -0.39 is 0 Å². The number of nitrogens with one attached hydrogen (secondary N) is 1. The van der Waals surface area contributed by atoms with Gasteiger partial charge in [0.05, 0.1) is 18.6 Å². The maximum absolute atomic E-state index is 5.34. The second kappa shape index (κ2) is 4.61. The van der Waals surface area contributed by atoms with Crippen molar-refractivity contribution in [2.45, 2.75) is 5.37 Å². The van der Waals surface area contributed by atoms with Crippen LogP contribution in [0.25, 0.3) is 0 Å². The summed E-state index contributed by atoms with van der Waals surface area (Å²) in [5.41, 5.74) is 0. The minimum absolute atomic E-state index is 0.242. The molecule has 2 aliphatic rings. The van der Waals surface area contributed by atoms with Crippen LogP contribution < -0.4 is 5.32 Å². The number of hydrogen-bond donors (Lipinski definition) is 2. The number of rotatable bonds is 1. The summed E-state index contributed by atoms with van der Waals surface area (Å²) in [7, 11) is 0. The van der Waals surface area contributed by atoms with Crippen molar-refractivity contribution in [3.05, 3.63) is 0 Å². The number of morpholine rings is 1. The summed E-state index contributed by atoms with van der Waals surface area (Å²) < 4.78 is 5.34. The van der Waals surface area contributed by atoms with Gasteiger partial charge in [-0.05, 0) is 0 Å². The van der Waals surface area contributed by atoms with Crippen molar-refractivity contribution in [3.8, 4) is 0 Å². The largest absolute Gasteiger partial charge is 0.377 e. The smallest absolute Gasteiger partial charge is 0.0904 e. The van der Waals surface area contributed by atoms with Crippen molar-refractivity contribution in [1.82, 2.24) is 15.3 Å². The Morgan fingerprint density at radius 1 is 1.23 bits per heavy atom. The van der Waals surface area contributed by atoms with Crippen LogP contribution in [0.5, 0.6) is 0 Å². The molecule has 13 heavy (non-hydrogen) atoms. The van der Waals surface area contributed by atoms with Crippen LogP contribution in [0.15, 0.2) is 0 Å². The van der Waals surface area contributed by atoms with Gasteiger partial charge in [-0.2, -0.15) is 12.6 Å². The van der Waals surface area contributed by atoms with E-state index in [1.807, 2.05) is 0 Å². The Morgan fingerprint density at radius 3 is 2.69 bits per heavy atom. The molecule has 1 atom stereocenters. The lowest BCUT2D eigenvalue weighted by Crippen LogP contribution is -2.58. The Hall–Kier alpha value is 0.190. The molecule has 76 valence electrons. The zero-order chi connectivity index (χ0) is 9.10. The zero-order valence-corrected chi connectivity index (χ0v) is 8.67. The molecule has 0 amide bonds. The van der Waals surface area contributed by atoms with Crippen molar-refractivity contribution in [2.24, 2.45) is 0 Å². The van der Waals surface area contributed by atoms with Gasteiger partial charge >= 0.3 is 0 Å². The number of hydrazine groups is 1. The van der Waals surface area contributed by atoms with E-state index in [1.54, 1.807) is 0 Å². The predicted molar refractivity (Wildman–Crippen MR) is 54.7 cm³/mol. The normalized spacial score (nSPS) is 33.5. The highest BCUT2D eigenvalue weighted by atomic mass is 32.1. The quantitative estimate of drug-likeness (QED) is 0.556. The van der Waals surface area contributed by atoms with Gasteiger partial charge in [-0.15, -0.1) is 0 Å². The molecule has 2 aliphatic heterocycles. The topological polar surface area (TPSA) is 27.7 Å². The van der Waals surface area contributed by atoms with Gasteiger partial charge in [-0.3, -0.25) is 0 Å². The lowest BCUT2D eigenvalue weighted by Gasteiger charge is -2.42. The molecule has 0 aromatic rings. The Balaban J connectivity index is 1.88. The summed E-state index contributed by atoms with van der Waals surface area (Å²) in [6.07, 6.45) is 0. The van der Waals surface area contributed by atoms with Crippen molar-refractivity contribution in [3.63, 3.8) is 0 Å². The molecule has 0 bridgehead atoms. The van der Waals surface area contributed by atoms with E-state index in [0.29, 0.717) is 0 Å². The Bertz CT molecular complexity index is 163. The molecular formula is C8H17N3OS. The standard InChI is InChI=1S/C8H17N3OS/c13-8-7-12-6-5-11(8)10-3-1-9-2-4-10/h8-9,13H,1-7H2. The average Bonchev–Trinajstić information content (AvgIpc) is 2.20. The van der Waals surface area contributed by atoms with E-state index >= 15 is 0 Å². The summed E-state index contributed by atoms with van der Waals surface area (Å²) in [4.78, 5) is 0. The van der Waals surface area contributed by atoms with Crippen LogP contribution in [0, 0.1) is 0 Å². The highest BCUT2D eigenvalue weighted by molar-refractivity contribution is 7.80. The minimum atomic E-state index is 0.242. The Morgan fingerprint density at radius 2 is 2.00 bits per heavy atom. The van der Waals surface area contributed by atoms with Crippen molar-refractivity contribution >= 4 is 12.6 Å². The first kappa shape index (κ1) is 9.73. The van der Waals surface area contributed by atoms with Crippen LogP contribution in [-0.2, 0) is 4.74 Å². The molecule has 4 nitrogen and oxygen atoms in total. The summed E-state index contributed by atoms with van der Waals surface area (Å²) in [6, 6.07) is 0. The molecule has 2 saturated heterocycles. The van der Waals surface area contributed by atoms with E-state index in [9.17, 15) is 0 Å². The van der Waals surface area contributed by atoms with Crippen LogP contribution >= 0.6 is 12.6 Å². The van der Waals surface area contributed by atoms with E-state index in [4.69, 9.17) is 4.74 Å². The molecule has 0 spiro atoms. The number of nitrogens with zero attached hydrogens (tertiary/aromatic N) is 2. The van der Waals surface area contributed by atoms with Crippen LogP contribution in [0.4, 0.5) is 0 Å². The third kappa shape index (κ3) is 2.35. The molecule has 2 rings (SSSR count). The molecule has 1 N–H and O–H groups in total. The number of ether oxygens (including phenoxy) is 1. The van der Waals surface area contributed by atoms with Crippen molar-refractivity contribution in [2.75, 3.05) is 45.9 Å². The fraction of sp³-hybridized carbons (Fsp3) is 1.00. The molecule has 5 heteroatoms. The first-order chi connectivity index (χ1) is 6.38. The van der Waals surface area contributed by atoms with Crippen LogP contribution in [-0.4, -0.2) is 61.3 Å². The molecule has 0 aromatic heterocycles. The van der Waals surface area contributed by atoms with E-state index in [-0.39, 0.29) is 5.37 Å². The Kier molecular flexibility index (Phi) is 3.45.